The van der Waals surface area contributed by atoms with E-state index in [0.29, 0.717) is 18.0 Å². The molecule has 3 aromatic rings. The van der Waals surface area contributed by atoms with E-state index in [4.69, 9.17) is 9.84 Å². The fraction of sp³-hybridized carbons (Fsp3) is 0.353. The van der Waals surface area contributed by atoms with Gasteiger partial charge in [0.05, 0.1) is 37.9 Å². The van der Waals surface area contributed by atoms with Gasteiger partial charge in [0.1, 0.15) is 17.9 Å². The lowest BCUT2D eigenvalue weighted by molar-refractivity contribution is 0.271. The summed E-state index contributed by atoms with van der Waals surface area (Å²) in [6.45, 7) is 4.53. The molecule has 0 aliphatic rings. The number of benzene rings is 1. The number of nitrogens with one attached hydrogen (secondary N) is 1. The molecular formula is C17H21N5O2. The summed E-state index contributed by atoms with van der Waals surface area (Å²) in [5.74, 6) is 1.54. The Morgan fingerprint density at radius 2 is 2.17 bits per heavy atom. The molecule has 2 aromatic heterocycles. The Morgan fingerprint density at radius 1 is 1.33 bits per heavy atom. The summed E-state index contributed by atoms with van der Waals surface area (Å²) in [6, 6.07) is 6.10. The van der Waals surface area contributed by atoms with Gasteiger partial charge in [-0.1, -0.05) is 17.7 Å². The highest BCUT2D eigenvalue weighted by atomic mass is 16.5. The standard InChI is InChI=1S/C17H21N5O2/c1-11-4-5-15(24-3)13(8-11)12(2)21-16-14-9-20-22(6-7-23)17(14)19-10-18-16/h4-5,8-10,12,23H,6-7H2,1-3H3,(H,18,19,21). The third-order valence-corrected chi connectivity index (χ3v) is 3.95. The third kappa shape index (κ3) is 3.03. The first-order valence-corrected chi connectivity index (χ1v) is 7.82. The van der Waals surface area contributed by atoms with Crippen molar-refractivity contribution in [2.45, 2.75) is 26.4 Å². The molecule has 24 heavy (non-hydrogen) atoms. The molecule has 1 aromatic carbocycles. The molecule has 2 heterocycles. The summed E-state index contributed by atoms with van der Waals surface area (Å²) in [5.41, 5.74) is 2.93. The van der Waals surface area contributed by atoms with E-state index in [-0.39, 0.29) is 12.6 Å². The number of nitrogens with zero attached hydrogens (tertiary/aromatic N) is 4. The molecule has 3 rings (SSSR count). The van der Waals surface area contributed by atoms with Crippen LogP contribution in [0.15, 0.2) is 30.7 Å². The van der Waals surface area contributed by atoms with Crippen molar-refractivity contribution in [2.24, 2.45) is 0 Å². The molecule has 126 valence electrons. The number of anilines is 1. The van der Waals surface area contributed by atoms with Crippen LogP contribution in [0.5, 0.6) is 5.75 Å². The van der Waals surface area contributed by atoms with E-state index >= 15 is 0 Å². The molecule has 0 radical (unpaired) electrons. The zero-order valence-corrected chi connectivity index (χ0v) is 14.0. The molecule has 0 amide bonds. The first kappa shape index (κ1) is 16.2. The normalized spacial score (nSPS) is 12.3. The summed E-state index contributed by atoms with van der Waals surface area (Å²) in [6.07, 6.45) is 3.22. The fourth-order valence-electron chi connectivity index (χ4n) is 2.74. The Morgan fingerprint density at radius 3 is 2.92 bits per heavy atom. The molecule has 2 N–H and O–H groups in total. The molecule has 0 bridgehead atoms. The molecule has 0 aliphatic carbocycles. The van der Waals surface area contributed by atoms with Gasteiger partial charge in [0.2, 0.25) is 0 Å². The summed E-state index contributed by atoms with van der Waals surface area (Å²) < 4.78 is 7.13. The van der Waals surface area contributed by atoms with Crippen LogP contribution in [0.1, 0.15) is 24.1 Å². The van der Waals surface area contributed by atoms with Gasteiger partial charge < -0.3 is 15.2 Å². The molecule has 0 saturated carbocycles. The van der Waals surface area contributed by atoms with Crippen LogP contribution in [0, 0.1) is 6.92 Å². The van der Waals surface area contributed by atoms with Crippen LogP contribution in [-0.2, 0) is 6.54 Å². The number of methoxy groups -OCH3 is 1. The van der Waals surface area contributed by atoms with Crippen LogP contribution in [-0.4, -0.2) is 38.6 Å². The van der Waals surface area contributed by atoms with Gasteiger partial charge in [-0.2, -0.15) is 5.10 Å². The number of ether oxygens (including phenoxy) is 1. The van der Waals surface area contributed by atoms with E-state index in [9.17, 15) is 0 Å². The van der Waals surface area contributed by atoms with E-state index in [1.165, 1.54) is 11.9 Å². The summed E-state index contributed by atoms with van der Waals surface area (Å²) in [5, 5.41) is 17.6. The van der Waals surface area contributed by atoms with Gasteiger partial charge in [0.25, 0.3) is 0 Å². The van der Waals surface area contributed by atoms with Gasteiger partial charge >= 0.3 is 0 Å². The maximum Gasteiger partial charge on any atom is 0.163 e. The number of fused-ring (bicyclic) bond motifs is 1. The first-order chi connectivity index (χ1) is 11.6. The molecule has 1 unspecified atom stereocenters. The first-order valence-electron chi connectivity index (χ1n) is 7.82. The molecule has 7 heteroatoms. The molecule has 7 nitrogen and oxygen atoms in total. The van der Waals surface area contributed by atoms with Crippen molar-refractivity contribution >= 4 is 16.9 Å². The van der Waals surface area contributed by atoms with Crippen LogP contribution in [0.4, 0.5) is 5.82 Å². The van der Waals surface area contributed by atoms with E-state index in [1.807, 2.05) is 12.1 Å². The van der Waals surface area contributed by atoms with Crippen molar-refractivity contribution in [1.29, 1.82) is 0 Å². The van der Waals surface area contributed by atoms with Crippen LogP contribution in [0.2, 0.25) is 0 Å². The third-order valence-electron chi connectivity index (χ3n) is 3.95. The van der Waals surface area contributed by atoms with Gasteiger partial charge in [-0.15, -0.1) is 0 Å². The summed E-state index contributed by atoms with van der Waals surface area (Å²) in [4.78, 5) is 8.61. The highest BCUT2D eigenvalue weighted by Gasteiger charge is 2.15. The van der Waals surface area contributed by atoms with Crippen LogP contribution >= 0.6 is 0 Å². The molecule has 0 saturated heterocycles. The molecule has 0 fully saturated rings. The maximum absolute atomic E-state index is 9.11. The van der Waals surface area contributed by atoms with E-state index in [2.05, 4.69) is 40.3 Å². The SMILES string of the molecule is COc1ccc(C)cc1C(C)Nc1ncnc2c1cnn2CCO. The highest BCUT2D eigenvalue weighted by molar-refractivity contribution is 5.86. The van der Waals surface area contributed by atoms with Crippen molar-refractivity contribution in [1.82, 2.24) is 19.7 Å². The van der Waals surface area contributed by atoms with Gasteiger partial charge in [-0.3, -0.25) is 0 Å². The van der Waals surface area contributed by atoms with Crippen molar-refractivity contribution in [2.75, 3.05) is 19.0 Å². The lowest BCUT2D eigenvalue weighted by atomic mass is 10.0. The average Bonchev–Trinajstić information content (AvgIpc) is 2.99. The minimum absolute atomic E-state index is 0.000795. The second kappa shape index (κ2) is 6.84. The Bertz CT molecular complexity index is 846. The molecular weight excluding hydrogens is 306 g/mol. The van der Waals surface area contributed by atoms with Crippen LogP contribution in [0.25, 0.3) is 11.0 Å². The van der Waals surface area contributed by atoms with Crippen molar-refractivity contribution in [3.05, 3.63) is 41.9 Å². The number of aliphatic hydroxyl groups is 1. The zero-order valence-electron chi connectivity index (χ0n) is 14.0. The highest BCUT2D eigenvalue weighted by Crippen LogP contribution is 2.30. The minimum atomic E-state index is -0.000795. The lowest BCUT2D eigenvalue weighted by Crippen LogP contribution is -2.10. The predicted octanol–water partition coefficient (Wildman–Crippen LogP) is 2.31. The van der Waals surface area contributed by atoms with Crippen molar-refractivity contribution < 1.29 is 9.84 Å². The van der Waals surface area contributed by atoms with E-state index in [0.717, 1.165) is 16.7 Å². The Balaban J connectivity index is 1.94. The summed E-state index contributed by atoms with van der Waals surface area (Å²) >= 11 is 0. The van der Waals surface area contributed by atoms with Gasteiger partial charge in [-0.05, 0) is 19.9 Å². The molecule has 0 aliphatic heterocycles. The largest absolute Gasteiger partial charge is 0.496 e. The second-order valence-corrected chi connectivity index (χ2v) is 5.66. The van der Waals surface area contributed by atoms with Gasteiger partial charge in [0, 0.05) is 5.56 Å². The molecule has 1 atom stereocenters. The number of aromatic nitrogens is 4. The monoisotopic (exact) mass is 327 g/mol. The topological polar surface area (TPSA) is 85.1 Å². The average molecular weight is 327 g/mol. The molecule has 0 spiro atoms. The van der Waals surface area contributed by atoms with Crippen LogP contribution in [0.3, 0.4) is 0 Å². The van der Waals surface area contributed by atoms with Gasteiger partial charge in [-0.25, -0.2) is 14.6 Å². The number of rotatable bonds is 6. The van der Waals surface area contributed by atoms with Crippen molar-refractivity contribution in [3.63, 3.8) is 0 Å². The smallest absolute Gasteiger partial charge is 0.163 e. The quantitative estimate of drug-likeness (QED) is 0.723. The number of aliphatic hydroxyl groups excluding tert-OH is 1. The Labute approximate surface area is 140 Å². The van der Waals surface area contributed by atoms with E-state index in [1.54, 1.807) is 18.0 Å². The van der Waals surface area contributed by atoms with Gasteiger partial charge in [0.15, 0.2) is 5.65 Å². The maximum atomic E-state index is 9.11. The number of aryl methyl sites for hydroxylation is 1. The Hall–Kier alpha value is -2.67. The van der Waals surface area contributed by atoms with Crippen LogP contribution < -0.4 is 10.1 Å². The number of hydrogen-bond acceptors (Lipinski definition) is 6. The van der Waals surface area contributed by atoms with E-state index < -0.39 is 0 Å². The lowest BCUT2D eigenvalue weighted by Gasteiger charge is -2.18. The predicted molar refractivity (Wildman–Crippen MR) is 92.2 cm³/mol. The fourth-order valence-corrected chi connectivity index (χ4v) is 2.74. The van der Waals surface area contributed by atoms with Crippen molar-refractivity contribution in [3.8, 4) is 5.75 Å². The summed E-state index contributed by atoms with van der Waals surface area (Å²) in [7, 11) is 1.67. The minimum Gasteiger partial charge on any atom is -0.496 e. The number of hydrogen-bond donors (Lipinski definition) is 2. The zero-order chi connectivity index (χ0) is 17.1. The Kier molecular flexibility index (Phi) is 4.61. The second-order valence-electron chi connectivity index (χ2n) is 5.66.